The minimum Gasteiger partial charge on any atom is -0.313 e. The first kappa shape index (κ1) is 13.5. The molecule has 1 aliphatic rings. The number of rotatable bonds is 6. The van der Waals surface area contributed by atoms with Crippen molar-refractivity contribution in [1.29, 1.82) is 0 Å². The largest absolute Gasteiger partial charge is 0.313 e. The molecular weight excluding hydrogens is 296 g/mol. The average Bonchev–Trinajstić information content (AvgIpc) is 2.91. The maximum atomic E-state index is 3.59. The van der Waals surface area contributed by atoms with E-state index in [2.05, 4.69) is 44.5 Å². The second-order valence-corrected chi connectivity index (χ2v) is 6.67. The molecule has 0 radical (unpaired) electrons. The van der Waals surface area contributed by atoms with Crippen molar-refractivity contribution >= 4 is 27.3 Å². The highest BCUT2D eigenvalue weighted by Crippen LogP contribution is 2.21. The number of hydrogen-bond donors (Lipinski definition) is 1. The van der Waals surface area contributed by atoms with Crippen molar-refractivity contribution in [2.75, 3.05) is 19.6 Å². The van der Waals surface area contributed by atoms with Crippen LogP contribution in [0, 0.1) is 0 Å². The van der Waals surface area contributed by atoms with Crippen molar-refractivity contribution in [3.8, 4) is 0 Å². The van der Waals surface area contributed by atoms with E-state index >= 15 is 0 Å². The molecule has 96 valence electrons. The third-order valence-electron chi connectivity index (χ3n) is 3.18. The molecule has 2 rings (SSSR count). The van der Waals surface area contributed by atoms with Gasteiger partial charge in [0.15, 0.2) is 0 Å². The van der Waals surface area contributed by atoms with Gasteiger partial charge in [-0.2, -0.15) is 0 Å². The van der Waals surface area contributed by atoms with E-state index < -0.39 is 0 Å². The molecule has 1 aromatic heterocycles. The number of halogens is 1. The van der Waals surface area contributed by atoms with Crippen LogP contribution in [-0.4, -0.2) is 30.6 Å². The summed E-state index contributed by atoms with van der Waals surface area (Å²) in [5, 5.41) is 5.76. The van der Waals surface area contributed by atoms with Gasteiger partial charge in [-0.3, -0.25) is 4.90 Å². The summed E-state index contributed by atoms with van der Waals surface area (Å²) in [4.78, 5) is 4.05. The Hall–Kier alpha value is 0.1000. The van der Waals surface area contributed by atoms with Crippen molar-refractivity contribution in [2.45, 2.75) is 38.8 Å². The standard InChI is InChI=1S/C13H21BrN2S/c1-2-6-16(8-12-4-3-5-15-12)9-13-7-11(14)10-17-13/h7,10,12,15H,2-6,8-9H2,1H3. The van der Waals surface area contributed by atoms with Crippen molar-refractivity contribution in [3.05, 3.63) is 20.8 Å². The van der Waals surface area contributed by atoms with Crippen LogP contribution in [0.3, 0.4) is 0 Å². The van der Waals surface area contributed by atoms with Gasteiger partial charge in [-0.1, -0.05) is 6.92 Å². The van der Waals surface area contributed by atoms with Crippen molar-refractivity contribution in [3.63, 3.8) is 0 Å². The van der Waals surface area contributed by atoms with Crippen molar-refractivity contribution in [1.82, 2.24) is 10.2 Å². The Kier molecular flexibility index (Phi) is 5.48. The molecule has 1 saturated heterocycles. The lowest BCUT2D eigenvalue weighted by Gasteiger charge is -2.24. The molecule has 0 saturated carbocycles. The van der Waals surface area contributed by atoms with E-state index in [0.29, 0.717) is 6.04 Å². The molecular formula is C13H21BrN2S. The predicted octanol–water partition coefficient (Wildman–Crippen LogP) is 3.47. The Labute approximate surface area is 117 Å². The molecule has 2 nitrogen and oxygen atoms in total. The number of thiophene rings is 1. The van der Waals surface area contributed by atoms with Gasteiger partial charge in [-0.15, -0.1) is 11.3 Å². The smallest absolute Gasteiger partial charge is 0.0328 e. The first-order chi connectivity index (χ1) is 8.28. The van der Waals surface area contributed by atoms with Gasteiger partial charge in [-0.05, 0) is 54.3 Å². The third-order valence-corrected chi connectivity index (χ3v) is 4.86. The molecule has 0 bridgehead atoms. The van der Waals surface area contributed by atoms with Crippen molar-refractivity contribution < 1.29 is 0 Å². The average molecular weight is 317 g/mol. The fourth-order valence-corrected chi connectivity index (χ4v) is 3.92. The Morgan fingerprint density at radius 3 is 3.06 bits per heavy atom. The second-order valence-electron chi connectivity index (χ2n) is 4.76. The summed E-state index contributed by atoms with van der Waals surface area (Å²) in [5.74, 6) is 0. The molecule has 1 fully saturated rings. The molecule has 0 spiro atoms. The SMILES string of the molecule is CCCN(Cc1cc(Br)cs1)CC1CCCN1. The zero-order valence-electron chi connectivity index (χ0n) is 10.4. The van der Waals surface area contributed by atoms with E-state index in [0.717, 1.165) is 6.54 Å². The summed E-state index contributed by atoms with van der Waals surface area (Å²) >= 11 is 5.38. The van der Waals surface area contributed by atoms with E-state index in [4.69, 9.17) is 0 Å². The minimum absolute atomic E-state index is 0.713. The Balaban J connectivity index is 1.87. The summed E-state index contributed by atoms with van der Waals surface area (Å²) in [5.41, 5.74) is 0. The highest BCUT2D eigenvalue weighted by Gasteiger charge is 2.17. The molecule has 0 amide bonds. The first-order valence-electron chi connectivity index (χ1n) is 6.46. The molecule has 1 aromatic rings. The van der Waals surface area contributed by atoms with Gasteiger partial charge in [0.1, 0.15) is 0 Å². The second kappa shape index (κ2) is 6.88. The van der Waals surface area contributed by atoms with Crippen LogP contribution in [0.1, 0.15) is 31.1 Å². The van der Waals surface area contributed by atoms with Crippen LogP contribution in [-0.2, 0) is 6.54 Å². The molecule has 4 heteroatoms. The zero-order valence-corrected chi connectivity index (χ0v) is 12.8. The van der Waals surface area contributed by atoms with Crippen LogP contribution < -0.4 is 5.32 Å². The Morgan fingerprint density at radius 1 is 1.59 bits per heavy atom. The Morgan fingerprint density at radius 2 is 2.47 bits per heavy atom. The lowest BCUT2D eigenvalue weighted by molar-refractivity contribution is 0.243. The van der Waals surface area contributed by atoms with E-state index in [1.54, 1.807) is 0 Å². The lowest BCUT2D eigenvalue weighted by atomic mass is 10.2. The molecule has 1 unspecified atom stereocenters. The highest BCUT2D eigenvalue weighted by atomic mass is 79.9. The van der Waals surface area contributed by atoms with E-state index in [1.807, 2.05) is 11.3 Å². The fourth-order valence-electron chi connectivity index (χ4n) is 2.43. The maximum absolute atomic E-state index is 3.59. The number of nitrogens with zero attached hydrogens (tertiary/aromatic N) is 1. The fraction of sp³-hybridized carbons (Fsp3) is 0.692. The predicted molar refractivity (Wildman–Crippen MR) is 78.6 cm³/mol. The van der Waals surface area contributed by atoms with Crippen LogP contribution in [0.15, 0.2) is 15.9 Å². The summed E-state index contributed by atoms with van der Waals surface area (Å²) in [6.07, 6.45) is 3.92. The van der Waals surface area contributed by atoms with Crippen LogP contribution in [0.4, 0.5) is 0 Å². The molecule has 1 atom stereocenters. The van der Waals surface area contributed by atoms with Gasteiger partial charge in [-0.25, -0.2) is 0 Å². The van der Waals surface area contributed by atoms with Crippen LogP contribution in [0.2, 0.25) is 0 Å². The summed E-state index contributed by atoms with van der Waals surface area (Å²) in [7, 11) is 0. The molecule has 0 aliphatic carbocycles. The molecule has 0 aromatic carbocycles. The molecule has 17 heavy (non-hydrogen) atoms. The van der Waals surface area contributed by atoms with Gasteiger partial charge in [0.2, 0.25) is 0 Å². The molecule has 2 heterocycles. The van der Waals surface area contributed by atoms with Crippen molar-refractivity contribution in [2.24, 2.45) is 0 Å². The van der Waals surface area contributed by atoms with E-state index in [1.165, 1.54) is 48.2 Å². The highest BCUT2D eigenvalue weighted by molar-refractivity contribution is 9.10. The zero-order chi connectivity index (χ0) is 12.1. The van der Waals surface area contributed by atoms with Gasteiger partial charge >= 0.3 is 0 Å². The topological polar surface area (TPSA) is 15.3 Å². The molecule has 1 N–H and O–H groups in total. The van der Waals surface area contributed by atoms with Gasteiger partial charge in [0, 0.05) is 33.9 Å². The van der Waals surface area contributed by atoms with Gasteiger partial charge < -0.3 is 5.32 Å². The third kappa shape index (κ3) is 4.36. The number of nitrogens with one attached hydrogen (secondary N) is 1. The quantitative estimate of drug-likeness (QED) is 0.864. The summed E-state index contributed by atoms with van der Waals surface area (Å²) in [6, 6.07) is 2.96. The van der Waals surface area contributed by atoms with E-state index in [9.17, 15) is 0 Å². The van der Waals surface area contributed by atoms with Gasteiger partial charge in [0.05, 0.1) is 0 Å². The first-order valence-corrected chi connectivity index (χ1v) is 8.14. The number of hydrogen-bond acceptors (Lipinski definition) is 3. The maximum Gasteiger partial charge on any atom is 0.0328 e. The van der Waals surface area contributed by atoms with Gasteiger partial charge in [0.25, 0.3) is 0 Å². The summed E-state index contributed by atoms with van der Waals surface area (Å²) in [6.45, 7) is 6.97. The van der Waals surface area contributed by atoms with Crippen LogP contribution >= 0.6 is 27.3 Å². The van der Waals surface area contributed by atoms with Crippen LogP contribution in [0.25, 0.3) is 0 Å². The molecule has 1 aliphatic heterocycles. The van der Waals surface area contributed by atoms with E-state index in [-0.39, 0.29) is 0 Å². The normalized spacial score (nSPS) is 20.3. The Bertz CT molecular complexity index is 334. The minimum atomic E-state index is 0.713. The summed E-state index contributed by atoms with van der Waals surface area (Å²) < 4.78 is 1.22. The lowest BCUT2D eigenvalue weighted by Crippen LogP contribution is -2.37. The van der Waals surface area contributed by atoms with Crippen LogP contribution in [0.5, 0.6) is 0 Å². The monoisotopic (exact) mass is 316 g/mol.